The lowest BCUT2D eigenvalue weighted by atomic mass is 10.1. The minimum Gasteiger partial charge on any atom is -0.343 e. The molecule has 4 aromatic rings. The van der Waals surface area contributed by atoms with E-state index in [9.17, 15) is 18.0 Å². The molecule has 0 aliphatic rings. The van der Waals surface area contributed by atoms with E-state index in [0.717, 1.165) is 28.7 Å². The molecule has 4 rings (SSSR count). The number of carbonyl (C=O) groups is 1. The van der Waals surface area contributed by atoms with Crippen molar-refractivity contribution >= 4 is 45.2 Å². The monoisotopic (exact) mass is 427 g/mol. The summed E-state index contributed by atoms with van der Waals surface area (Å²) in [7, 11) is 1.86. The average molecular weight is 427 g/mol. The Morgan fingerprint density at radius 1 is 1.00 bits per heavy atom. The normalized spacial score (nSPS) is 11.5. The number of alkyl halides is 3. The van der Waals surface area contributed by atoms with Crippen molar-refractivity contribution in [3.8, 4) is 0 Å². The van der Waals surface area contributed by atoms with Crippen LogP contribution < -0.4 is 10.2 Å². The van der Waals surface area contributed by atoms with Gasteiger partial charge in [0.15, 0.2) is 0 Å². The molecule has 0 spiro atoms. The molecule has 152 valence electrons. The van der Waals surface area contributed by atoms with Crippen molar-refractivity contribution in [3.05, 3.63) is 82.7 Å². The van der Waals surface area contributed by atoms with E-state index < -0.39 is 11.7 Å². The Morgan fingerprint density at radius 2 is 1.73 bits per heavy atom. The topological polar surface area (TPSA) is 45.2 Å². The Balaban J connectivity index is 1.60. The van der Waals surface area contributed by atoms with Crippen molar-refractivity contribution in [2.24, 2.45) is 0 Å². The van der Waals surface area contributed by atoms with Gasteiger partial charge in [-0.15, -0.1) is 11.3 Å². The van der Waals surface area contributed by atoms with Crippen molar-refractivity contribution in [3.63, 3.8) is 0 Å². The van der Waals surface area contributed by atoms with Gasteiger partial charge in [0.25, 0.3) is 5.91 Å². The van der Waals surface area contributed by atoms with Crippen LogP contribution in [0, 0.1) is 0 Å². The molecule has 2 aromatic carbocycles. The van der Waals surface area contributed by atoms with Crippen LogP contribution >= 0.6 is 11.3 Å². The highest BCUT2D eigenvalue weighted by Crippen LogP contribution is 2.35. The third-order valence-corrected chi connectivity index (χ3v) is 5.57. The minimum atomic E-state index is -4.42. The van der Waals surface area contributed by atoms with Crippen molar-refractivity contribution < 1.29 is 18.0 Å². The first kappa shape index (κ1) is 19.9. The zero-order valence-corrected chi connectivity index (χ0v) is 16.6. The lowest BCUT2D eigenvalue weighted by Crippen LogP contribution is -2.17. The summed E-state index contributed by atoms with van der Waals surface area (Å²) >= 11 is 1.26. The van der Waals surface area contributed by atoms with Crippen LogP contribution in [-0.4, -0.2) is 17.9 Å². The molecule has 0 saturated heterocycles. The van der Waals surface area contributed by atoms with E-state index in [1.54, 1.807) is 11.6 Å². The Kier molecular flexibility index (Phi) is 5.17. The van der Waals surface area contributed by atoms with Gasteiger partial charge in [-0.3, -0.25) is 9.78 Å². The SMILES string of the molecule is CN(c1ccsc1C(=O)Nc1ccc(C(F)(F)F)cc1)c1ccnc2ccccc12. The fourth-order valence-electron chi connectivity index (χ4n) is 3.17. The molecule has 0 aliphatic carbocycles. The Labute approximate surface area is 174 Å². The Hall–Kier alpha value is -3.39. The highest BCUT2D eigenvalue weighted by molar-refractivity contribution is 7.12. The lowest BCUT2D eigenvalue weighted by Gasteiger charge is -2.21. The van der Waals surface area contributed by atoms with Crippen LogP contribution in [0.3, 0.4) is 0 Å². The zero-order valence-electron chi connectivity index (χ0n) is 15.8. The molecular formula is C22H16F3N3OS. The number of amides is 1. The van der Waals surface area contributed by atoms with E-state index in [0.29, 0.717) is 16.3 Å². The number of hydrogen-bond acceptors (Lipinski definition) is 4. The summed E-state index contributed by atoms with van der Waals surface area (Å²) in [5.74, 6) is -0.384. The van der Waals surface area contributed by atoms with Crippen molar-refractivity contribution in [1.29, 1.82) is 0 Å². The highest BCUT2D eigenvalue weighted by atomic mass is 32.1. The number of nitrogens with zero attached hydrogens (tertiary/aromatic N) is 2. The molecular weight excluding hydrogens is 411 g/mol. The number of hydrogen-bond donors (Lipinski definition) is 1. The number of halogens is 3. The second-order valence-corrected chi connectivity index (χ2v) is 7.49. The van der Waals surface area contributed by atoms with Gasteiger partial charge in [0.1, 0.15) is 4.88 Å². The number of pyridine rings is 1. The smallest absolute Gasteiger partial charge is 0.343 e. The van der Waals surface area contributed by atoms with Gasteiger partial charge in [0.2, 0.25) is 0 Å². The molecule has 1 amide bonds. The van der Waals surface area contributed by atoms with E-state index in [1.807, 2.05) is 48.3 Å². The summed E-state index contributed by atoms with van der Waals surface area (Å²) in [4.78, 5) is 19.5. The van der Waals surface area contributed by atoms with E-state index in [2.05, 4.69) is 10.3 Å². The zero-order chi connectivity index (χ0) is 21.3. The maximum absolute atomic E-state index is 12.8. The molecule has 1 N–H and O–H groups in total. The molecule has 8 heteroatoms. The van der Waals surface area contributed by atoms with E-state index in [-0.39, 0.29) is 5.91 Å². The van der Waals surface area contributed by atoms with E-state index in [4.69, 9.17) is 0 Å². The summed E-state index contributed by atoms with van der Waals surface area (Å²) in [5.41, 5.74) is 1.96. The number of aromatic nitrogens is 1. The van der Waals surface area contributed by atoms with E-state index >= 15 is 0 Å². The number of fused-ring (bicyclic) bond motifs is 1. The summed E-state index contributed by atoms with van der Waals surface area (Å²) in [6.45, 7) is 0. The molecule has 2 aromatic heterocycles. The Bertz CT molecular complexity index is 1200. The molecule has 0 saturated carbocycles. The fraction of sp³-hybridized carbons (Fsp3) is 0.0909. The van der Waals surface area contributed by atoms with Gasteiger partial charge in [0, 0.05) is 24.3 Å². The first-order valence-corrected chi connectivity index (χ1v) is 9.86. The predicted octanol–water partition coefficient (Wildman–Crippen LogP) is 6.34. The molecule has 0 radical (unpaired) electrons. The van der Waals surface area contributed by atoms with Crippen LogP contribution in [0.25, 0.3) is 10.9 Å². The second-order valence-electron chi connectivity index (χ2n) is 6.57. The number of carbonyl (C=O) groups excluding carboxylic acids is 1. The number of benzene rings is 2. The summed E-state index contributed by atoms with van der Waals surface area (Å²) in [6.07, 6.45) is -2.71. The lowest BCUT2D eigenvalue weighted by molar-refractivity contribution is -0.137. The van der Waals surface area contributed by atoms with Gasteiger partial charge < -0.3 is 10.2 Å². The summed E-state index contributed by atoms with van der Waals surface area (Å²) in [6, 6.07) is 15.8. The largest absolute Gasteiger partial charge is 0.416 e. The first-order chi connectivity index (χ1) is 14.3. The van der Waals surface area contributed by atoms with Crippen LogP contribution in [0.15, 0.2) is 72.2 Å². The molecule has 0 fully saturated rings. The predicted molar refractivity (Wildman–Crippen MR) is 114 cm³/mol. The third-order valence-electron chi connectivity index (χ3n) is 4.67. The summed E-state index contributed by atoms with van der Waals surface area (Å²) in [5, 5.41) is 5.42. The molecule has 4 nitrogen and oxygen atoms in total. The molecule has 0 atom stereocenters. The molecule has 0 aliphatic heterocycles. The van der Waals surface area contributed by atoms with Crippen LogP contribution in [0.4, 0.5) is 30.2 Å². The van der Waals surface area contributed by atoms with Gasteiger partial charge in [0.05, 0.1) is 22.5 Å². The standard InChI is InChI=1S/C22H16F3N3OS/c1-28(18-10-12-26-17-5-3-2-4-16(17)18)19-11-13-30-20(19)21(29)27-15-8-6-14(7-9-15)22(23,24)25/h2-13H,1H3,(H,27,29). The number of anilines is 3. The van der Waals surface area contributed by atoms with Crippen LogP contribution in [0.1, 0.15) is 15.2 Å². The third kappa shape index (κ3) is 3.86. The van der Waals surface area contributed by atoms with E-state index in [1.165, 1.54) is 23.5 Å². The molecule has 30 heavy (non-hydrogen) atoms. The van der Waals surface area contributed by atoms with Gasteiger partial charge in [-0.2, -0.15) is 13.2 Å². The molecule has 0 bridgehead atoms. The highest BCUT2D eigenvalue weighted by Gasteiger charge is 2.30. The van der Waals surface area contributed by atoms with Gasteiger partial charge >= 0.3 is 6.18 Å². The number of para-hydroxylation sites is 1. The van der Waals surface area contributed by atoms with Gasteiger partial charge in [-0.05, 0) is 47.8 Å². The van der Waals surface area contributed by atoms with Gasteiger partial charge in [-0.25, -0.2) is 0 Å². The van der Waals surface area contributed by atoms with Crippen molar-refractivity contribution in [1.82, 2.24) is 4.98 Å². The number of rotatable bonds is 4. The fourth-order valence-corrected chi connectivity index (χ4v) is 3.99. The van der Waals surface area contributed by atoms with Gasteiger partial charge in [-0.1, -0.05) is 18.2 Å². The number of nitrogens with one attached hydrogen (secondary N) is 1. The summed E-state index contributed by atoms with van der Waals surface area (Å²) < 4.78 is 38.2. The van der Waals surface area contributed by atoms with Crippen LogP contribution in [-0.2, 0) is 6.18 Å². The Morgan fingerprint density at radius 3 is 2.47 bits per heavy atom. The van der Waals surface area contributed by atoms with Crippen molar-refractivity contribution in [2.75, 3.05) is 17.3 Å². The minimum absolute atomic E-state index is 0.296. The first-order valence-electron chi connectivity index (χ1n) is 8.98. The maximum atomic E-state index is 12.8. The number of thiophene rings is 1. The van der Waals surface area contributed by atoms with Crippen LogP contribution in [0.2, 0.25) is 0 Å². The molecule has 0 unspecified atom stereocenters. The maximum Gasteiger partial charge on any atom is 0.416 e. The molecule has 2 heterocycles. The second kappa shape index (κ2) is 7.79. The van der Waals surface area contributed by atoms with Crippen LogP contribution in [0.5, 0.6) is 0 Å². The quantitative estimate of drug-likeness (QED) is 0.414. The average Bonchev–Trinajstić information content (AvgIpc) is 3.23. The van der Waals surface area contributed by atoms with Crippen molar-refractivity contribution in [2.45, 2.75) is 6.18 Å².